The second-order valence-electron chi connectivity index (χ2n) is 5.89. The molecule has 0 saturated carbocycles. The molecule has 0 aliphatic heterocycles. The van der Waals surface area contributed by atoms with E-state index in [1.54, 1.807) is 12.1 Å². The van der Waals surface area contributed by atoms with E-state index in [-0.39, 0.29) is 5.56 Å². The van der Waals surface area contributed by atoms with Gasteiger partial charge >= 0.3 is 6.03 Å². The molecule has 2 aromatic carbocycles. The lowest BCUT2D eigenvalue weighted by molar-refractivity contribution is 0.251. The van der Waals surface area contributed by atoms with E-state index in [1.165, 1.54) is 28.9 Å². The monoisotopic (exact) mass is 366 g/mol. The highest BCUT2D eigenvalue weighted by molar-refractivity contribution is 5.89. The molecule has 0 spiro atoms. The largest absolute Gasteiger partial charge is 0.338 e. The minimum Gasteiger partial charge on any atom is -0.338 e. The number of rotatable bonds is 6. The molecule has 27 heavy (non-hydrogen) atoms. The van der Waals surface area contributed by atoms with Crippen molar-refractivity contribution in [3.8, 4) is 11.3 Å². The van der Waals surface area contributed by atoms with Gasteiger partial charge in [0.1, 0.15) is 5.82 Å². The SMILES string of the molecule is O=C(NCCCn1nc(-c2ccccc2)ccc1=O)Nc1cccc(F)c1. The molecule has 0 bridgehead atoms. The van der Waals surface area contributed by atoms with Crippen molar-refractivity contribution in [2.24, 2.45) is 0 Å². The third kappa shape index (κ3) is 5.24. The molecule has 1 aromatic heterocycles. The Morgan fingerprint density at radius 3 is 2.63 bits per heavy atom. The highest BCUT2D eigenvalue weighted by Crippen LogP contribution is 2.14. The summed E-state index contributed by atoms with van der Waals surface area (Å²) in [6.07, 6.45) is 0.529. The number of carbonyl (C=O) groups excluding carboxylic acids is 1. The molecule has 1 heterocycles. The molecule has 0 aliphatic rings. The fourth-order valence-electron chi connectivity index (χ4n) is 2.54. The first-order chi connectivity index (χ1) is 13.1. The smallest absolute Gasteiger partial charge is 0.319 e. The molecule has 2 amide bonds. The first kappa shape index (κ1) is 18.3. The van der Waals surface area contributed by atoms with Crippen molar-refractivity contribution in [3.05, 3.63) is 82.9 Å². The maximum absolute atomic E-state index is 13.1. The van der Waals surface area contributed by atoms with Gasteiger partial charge in [0.25, 0.3) is 5.56 Å². The number of aryl methyl sites for hydroxylation is 1. The van der Waals surface area contributed by atoms with Gasteiger partial charge in [-0.15, -0.1) is 0 Å². The van der Waals surface area contributed by atoms with Gasteiger partial charge in [0.05, 0.1) is 5.69 Å². The van der Waals surface area contributed by atoms with E-state index in [0.717, 1.165) is 5.56 Å². The molecule has 0 aliphatic carbocycles. The van der Waals surface area contributed by atoms with Crippen molar-refractivity contribution in [1.82, 2.24) is 15.1 Å². The van der Waals surface area contributed by atoms with Crippen molar-refractivity contribution < 1.29 is 9.18 Å². The second kappa shape index (κ2) is 8.75. The Bertz CT molecular complexity index is 973. The van der Waals surface area contributed by atoms with Crippen molar-refractivity contribution >= 4 is 11.7 Å². The Hall–Kier alpha value is -3.48. The summed E-state index contributed by atoms with van der Waals surface area (Å²) in [6.45, 7) is 0.727. The summed E-state index contributed by atoms with van der Waals surface area (Å²) in [5.74, 6) is -0.420. The summed E-state index contributed by atoms with van der Waals surface area (Å²) in [7, 11) is 0. The van der Waals surface area contributed by atoms with Gasteiger partial charge in [0.2, 0.25) is 0 Å². The average molecular weight is 366 g/mol. The Morgan fingerprint density at radius 1 is 1.04 bits per heavy atom. The van der Waals surface area contributed by atoms with Crippen LogP contribution in [0.2, 0.25) is 0 Å². The number of benzene rings is 2. The number of nitrogens with one attached hydrogen (secondary N) is 2. The minimum absolute atomic E-state index is 0.195. The van der Waals surface area contributed by atoms with E-state index >= 15 is 0 Å². The highest BCUT2D eigenvalue weighted by atomic mass is 19.1. The number of anilines is 1. The first-order valence-electron chi connectivity index (χ1n) is 8.56. The number of carbonyl (C=O) groups is 1. The predicted molar refractivity (Wildman–Crippen MR) is 102 cm³/mol. The lowest BCUT2D eigenvalue weighted by Gasteiger charge is -2.09. The first-order valence-corrected chi connectivity index (χ1v) is 8.56. The van der Waals surface area contributed by atoms with Crippen LogP contribution in [0.25, 0.3) is 11.3 Å². The molecule has 0 radical (unpaired) electrons. The summed E-state index contributed by atoms with van der Waals surface area (Å²) in [5.41, 5.74) is 1.82. The molecule has 6 nitrogen and oxygen atoms in total. The van der Waals surface area contributed by atoms with Crippen LogP contribution in [-0.2, 0) is 6.54 Å². The number of hydrogen-bond acceptors (Lipinski definition) is 3. The zero-order valence-corrected chi connectivity index (χ0v) is 14.6. The topological polar surface area (TPSA) is 76.0 Å². The maximum atomic E-state index is 13.1. The van der Waals surface area contributed by atoms with E-state index in [1.807, 2.05) is 30.3 Å². The molecule has 3 aromatic rings. The van der Waals surface area contributed by atoms with Crippen LogP contribution in [0.4, 0.5) is 14.9 Å². The summed E-state index contributed by atoms with van der Waals surface area (Å²) < 4.78 is 14.5. The Morgan fingerprint density at radius 2 is 1.85 bits per heavy atom. The van der Waals surface area contributed by atoms with Gasteiger partial charge in [-0.1, -0.05) is 36.4 Å². The van der Waals surface area contributed by atoms with Gasteiger partial charge in [-0.25, -0.2) is 13.9 Å². The third-order valence-corrected chi connectivity index (χ3v) is 3.85. The number of aromatic nitrogens is 2. The lowest BCUT2D eigenvalue weighted by atomic mass is 10.1. The predicted octanol–water partition coefficient (Wildman–Crippen LogP) is 3.26. The summed E-state index contributed by atoms with van der Waals surface area (Å²) in [4.78, 5) is 23.8. The lowest BCUT2D eigenvalue weighted by Crippen LogP contribution is -2.31. The van der Waals surface area contributed by atoms with Crippen molar-refractivity contribution in [2.45, 2.75) is 13.0 Å². The Balaban J connectivity index is 1.51. The molecule has 0 unspecified atom stereocenters. The van der Waals surface area contributed by atoms with Gasteiger partial charge in [0, 0.05) is 30.4 Å². The summed E-state index contributed by atoms with van der Waals surface area (Å²) in [5, 5.41) is 9.59. The zero-order valence-electron chi connectivity index (χ0n) is 14.6. The van der Waals surface area contributed by atoms with Crippen LogP contribution >= 0.6 is 0 Å². The minimum atomic E-state index is -0.432. The van der Waals surface area contributed by atoms with Crippen molar-refractivity contribution in [3.63, 3.8) is 0 Å². The van der Waals surface area contributed by atoms with Crippen LogP contribution in [0.1, 0.15) is 6.42 Å². The standard InChI is InChI=1S/C20H19FN4O2/c21-16-8-4-9-17(14-16)23-20(27)22-12-5-13-25-19(26)11-10-18(24-25)15-6-2-1-3-7-15/h1-4,6-11,14H,5,12-13H2,(H2,22,23,27). The number of halogens is 1. The molecule has 2 N–H and O–H groups in total. The summed E-state index contributed by atoms with van der Waals surface area (Å²) in [6, 6.07) is 18.0. The molecular formula is C20H19FN4O2. The van der Waals surface area contributed by atoms with Crippen LogP contribution in [0.15, 0.2) is 71.5 Å². The van der Waals surface area contributed by atoms with Crippen LogP contribution in [0.5, 0.6) is 0 Å². The van der Waals surface area contributed by atoms with E-state index in [4.69, 9.17) is 0 Å². The fraction of sp³-hybridized carbons (Fsp3) is 0.150. The van der Waals surface area contributed by atoms with Crippen molar-refractivity contribution in [2.75, 3.05) is 11.9 Å². The molecule has 0 fully saturated rings. The van der Waals surface area contributed by atoms with Crippen LogP contribution < -0.4 is 16.2 Å². The maximum Gasteiger partial charge on any atom is 0.319 e. The van der Waals surface area contributed by atoms with Crippen LogP contribution in [0.3, 0.4) is 0 Å². The third-order valence-electron chi connectivity index (χ3n) is 3.85. The molecule has 0 atom stereocenters. The van der Waals surface area contributed by atoms with E-state index in [2.05, 4.69) is 15.7 Å². The second-order valence-corrected chi connectivity index (χ2v) is 5.89. The molecule has 138 valence electrons. The number of urea groups is 1. The normalized spacial score (nSPS) is 10.4. The number of hydrogen-bond donors (Lipinski definition) is 2. The molecular weight excluding hydrogens is 347 g/mol. The quantitative estimate of drug-likeness (QED) is 0.658. The van der Waals surface area contributed by atoms with E-state index < -0.39 is 11.8 Å². The van der Waals surface area contributed by atoms with Gasteiger partial charge < -0.3 is 10.6 Å². The van der Waals surface area contributed by atoms with E-state index in [0.29, 0.717) is 30.9 Å². The Kier molecular flexibility index (Phi) is 5.94. The summed E-state index contributed by atoms with van der Waals surface area (Å²) >= 11 is 0. The zero-order chi connectivity index (χ0) is 19.1. The van der Waals surface area contributed by atoms with Gasteiger partial charge in [-0.2, -0.15) is 5.10 Å². The van der Waals surface area contributed by atoms with Gasteiger partial charge in [0.15, 0.2) is 0 Å². The van der Waals surface area contributed by atoms with Gasteiger partial charge in [-0.05, 0) is 30.7 Å². The number of amides is 2. The highest BCUT2D eigenvalue weighted by Gasteiger charge is 2.05. The van der Waals surface area contributed by atoms with Gasteiger partial charge in [-0.3, -0.25) is 4.79 Å². The Labute approximate surface area is 155 Å². The molecule has 3 rings (SSSR count). The number of nitrogens with zero attached hydrogens (tertiary/aromatic N) is 2. The fourth-order valence-corrected chi connectivity index (χ4v) is 2.54. The van der Waals surface area contributed by atoms with Crippen LogP contribution in [-0.4, -0.2) is 22.4 Å². The molecule has 0 saturated heterocycles. The van der Waals surface area contributed by atoms with Crippen molar-refractivity contribution in [1.29, 1.82) is 0 Å². The van der Waals surface area contributed by atoms with E-state index in [9.17, 15) is 14.0 Å². The van der Waals surface area contributed by atoms with Crippen LogP contribution in [0, 0.1) is 5.82 Å². The average Bonchev–Trinajstić information content (AvgIpc) is 2.67. The molecule has 7 heteroatoms.